The first-order valence-electron chi connectivity index (χ1n) is 9.71. The largest absolute Gasteiger partial charge is 0.453 e. The van der Waals surface area contributed by atoms with Crippen molar-refractivity contribution in [3.8, 4) is 0 Å². The number of benzene rings is 2. The van der Waals surface area contributed by atoms with Crippen molar-refractivity contribution in [1.29, 1.82) is 0 Å². The second-order valence-corrected chi connectivity index (χ2v) is 7.20. The molecule has 0 spiro atoms. The van der Waals surface area contributed by atoms with Crippen molar-refractivity contribution in [2.45, 2.75) is 12.8 Å². The minimum absolute atomic E-state index is 0.319. The highest BCUT2D eigenvalue weighted by molar-refractivity contribution is 6.16. The Morgan fingerprint density at radius 2 is 2.00 bits per heavy atom. The van der Waals surface area contributed by atoms with Gasteiger partial charge < -0.3 is 19.7 Å². The third-order valence-corrected chi connectivity index (χ3v) is 5.32. The van der Waals surface area contributed by atoms with Crippen molar-refractivity contribution in [1.82, 2.24) is 10.2 Å². The Kier molecular flexibility index (Phi) is 5.46. The van der Waals surface area contributed by atoms with Gasteiger partial charge in [-0.25, -0.2) is 14.6 Å². The summed E-state index contributed by atoms with van der Waals surface area (Å²) >= 11 is 0. The topological polar surface area (TPSA) is 80.2 Å². The molecule has 1 saturated heterocycles. The number of hydrogen-bond donors (Lipinski definition) is 1. The number of amides is 1. The first-order valence-corrected chi connectivity index (χ1v) is 9.71. The summed E-state index contributed by atoms with van der Waals surface area (Å²) in [4.78, 5) is 30.1. The molecule has 29 heavy (non-hydrogen) atoms. The molecule has 2 aromatic rings. The van der Waals surface area contributed by atoms with Crippen LogP contribution in [0.3, 0.4) is 0 Å². The Bertz CT molecular complexity index is 985. The van der Waals surface area contributed by atoms with E-state index in [-0.39, 0.29) is 0 Å². The highest BCUT2D eigenvalue weighted by Crippen LogP contribution is 2.25. The number of alkyl carbamates (subject to hydrolysis) is 1. The standard InChI is InChI=1S/C22H23N3O4/c1-28-22(27)23-13-15-9-11-25(12-10-15)14-19-21(26)29-20(24-19)18-8-4-6-16-5-2-3-7-17(16)18/h2-8,14-15H,9-13H2,1H3,(H,23,27). The normalized spacial score (nSPS) is 18.7. The molecule has 1 amide bonds. The zero-order chi connectivity index (χ0) is 20.2. The van der Waals surface area contributed by atoms with Gasteiger partial charge in [0.2, 0.25) is 5.90 Å². The van der Waals surface area contributed by atoms with E-state index >= 15 is 0 Å². The summed E-state index contributed by atoms with van der Waals surface area (Å²) in [5.41, 5.74) is 1.13. The summed E-state index contributed by atoms with van der Waals surface area (Å²) in [6.07, 6.45) is 3.22. The fourth-order valence-electron chi connectivity index (χ4n) is 3.69. The maximum Gasteiger partial charge on any atom is 0.406 e. The molecule has 4 rings (SSSR count). The number of ether oxygens (including phenoxy) is 2. The predicted octanol–water partition coefficient (Wildman–Crippen LogP) is 3.05. The van der Waals surface area contributed by atoms with Gasteiger partial charge in [0.05, 0.1) is 7.11 Å². The Morgan fingerprint density at radius 1 is 1.24 bits per heavy atom. The maximum absolute atomic E-state index is 12.3. The molecule has 0 atom stereocenters. The number of rotatable bonds is 4. The molecule has 1 fully saturated rings. The van der Waals surface area contributed by atoms with Crippen LogP contribution in [0.5, 0.6) is 0 Å². The second-order valence-electron chi connectivity index (χ2n) is 7.20. The summed E-state index contributed by atoms with van der Waals surface area (Å²) in [5.74, 6) is 0.312. The molecule has 0 saturated carbocycles. The number of likely N-dealkylation sites (tertiary alicyclic amines) is 1. The van der Waals surface area contributed by atoms with Gasteiger partial charge in [-0.1, -0.05) is 36.4 Å². The Morgan fingerprint density at radius 3 is 2.79 bits per heavy atom. The number of carbonyl (C=O) groups is 2. The molecule has 0 aliphatic carbocycles. The quantitative estimate of drug-likeness (QED) is 0.638. The Hall–Kier alpha value is -3.35. The van der Waals surface area contributed by atoms with E-state index in [1.54, 1.807) is 6.20 Å². The molecule has 2 aliphatic heterocycles. The molecule has 1 N–H and O–H groups in total. The fraction of sp³-hybridized carbons (Fsp3) is 0.318. The van der Waals surface area contributed by atoms with Gasteiger partial charge in [0.25, 0.3) is 0 Å². The van der Waals surface area contributed by atoms with Gasteiger partial charge in [0.1, 0.15) is 0 Å². The molecule has 150 valence electrons. The van der Waals surface area contributed by atoms with Crippen LogP contribution in [0.2, 0.25) is 0 Å². The van der Waals surface area contributed by atoms with Crippen molar-refractivity contribution in [2.75, 3.05) is 26.7 Å². The summed E-state index contributed by atoms with van der Waals surface area (Å²) in [5, 5.41) is 4.82. The predicted molar refractivity (Wildman–Crippen MR) is 109 cm³/mol. The van der Waals surface area contributed by atoms with Gasteiger partial charge in [-0.15, -0.1) is 0 Å². The molecule has 0 radical (unpaired) electrons. The lowest BCUT2D eigenvalue weighted by molar-refractivity contribution is -0.130. The van der Waals surface area contributed by atoms with Crippen LogP contribution in [0.4, 0.5) is 4.79 Å². The van der Waals surface area contributed by atoms with Gasteiger partial charge in [-0.05, 0) is 35.6 Å². The zero-order valence-electron chi connectivity index (χ0n) is 16.3. The number of esters is 1. The van der Waals surface area contributed by atoms with Crippen LogP contribution in [0.15, 0.2) is 59.4 Å². The molecule has 0 bridgehead atoms. The first kappa shape index (κ1) is 19.0. The number of cyclic esters (lactones) is 1. The summed E-state index contributed by atoms with van der Waals surface area (Å²) in [6, 6.07) is 13.8. The highest BCUT2D eigenvalue weighted by Gasteiger charge is 2.27. The van der Waals surface area contributed by atoms with E-state index in [1.807, 2.05) is 42.5 Å². The molecule has 7 nitrogen and oxygen atoms in total. The second kappa shape index (κ2) is 8.34. The third kappa shape index (κ3) is 4.23. The number of nitrogens with zero attached hydrogens (tertiary/aromatic N) is 2. The van der Waals surface area contributed by atoms with Crippen LogP contribution >= 0.6 is 0 Å². The van der Waals surface area contributed by atoms with Crippen molar-refractivity contribution < 1.29 is 19.1 Å². The fourth-order valence-corrected chi connectivity index (χ4v) is 3.69. The smallest absolute Gasteiger partial charge is 0.406 e. The van der Waals surface area contributed by atoms with Crippen LogP contribution in [0.1, 0.15) is 18.4 Å². The number of nitrogens with one attached hydrogen (secondary N) is 1. The number of fused-ring (bicyclic) bond motifs is 1. The van der Waals surface area contributed by atoms with E-state index in [0.717, 1.165) is 42.3 Å². The van der Waals surface area contributed by atoms with E-state index < -0.39 is 12.1 Å². The monoisotopic (exact) mass is 393 g/mol. The van der Waals surface area contributed by atoms with Gasteiger partial charge >= 0.3 is 12.1 Å². The lowest BCUT2D eigenvalue weighted by atomic mass is 9.97. The lowest BCUT2D eigenvalue weighted by Crippen LogP contribution is -2.36. The average Bonchev–Trinajstić information content (AvgIpc) is 3.12. The average molecular weight is 393 g/mol. The lowest BCUT2D eigenvalue weighted by Gasteiger charge is -2.31. The van der Waals surface area contributed by atoms with Crippen LogP contribution in [0.25, 0.3) is 10.8 Å². The molecule has 2 aromatic carbocycles. The molecule has 0 unspecified atom stereocenters. The summed E-state index contributed by atoms with van der Waals surface area (Å²) in [6.45, 7) is 2.19. The van der Waals surface area contributed by atoms with E-state index in [2.05, 4.69) is 19.9 Å². The first-order chi connectivity index (χ1) is 14.1. The van der Waals surface area contributed by atoms with E-state index in [0.29, 0.717) is 24.1 Å². The van der Waals surface area contributed by atoms with Crippen LogP contribution in [0, 0.1) is 5.92 Å². The van der Waals surface area contributed by atoms with Crippen molar-refractivity contribution >= 4 is 28.7 Å². The van der Waals surface area contributed by atoms with Crippen molar-refractivity contribution in [2.24, 2.45) is 10.9 Å². The Labute approximate surface area is 169 Å². The van der Waals surface area contributed by atoms with E-state index in [9.17, 15) is 9.59 Å². The van der Waals surface area contributed by atoms with E-state index in [4.69, 9.17) is 4.74 Å². The highest BCUT2D eigenvalue weighted by atomic mass is 16.6. The third-order valence-electron chi connectivity index (χ3n) is 5.32. The number of hydrogen-bond acceptors (Lipinski definition) is 6. The minimum atomic E-state index is -0.428. The van der Waals surface area contributed by atoms with Crippen LogP contribution < -0.4 is 5.32 Å². The van der Waals surface area contributed by atoms with Gasteiger partial charge in [0.15, 0.2) is 5.70 Å². The van der Waals surface area contributed by atoms with Crippen molar-refractivity contribution in [3.05, 3.63) is 59.9 Å². The number of carbonyl (C=O) groups excluding carboxylic acids is 2. The number of methoxy groups -OCH3 is 1. The molecule has 0 aromatic heterocycles. The van der Waals surface area contributed by atoms with Crippen LogP contribution in [-0.2, 0) is 14.3 Å². The molecule has 2 aliphatic rings. The van der Waals surface area contributed by atoms with Gasteiger partial charge in [-0.2, -0.15) is 0 Å². The van der Waals surface area contributed by atoms with Crippen LogP contribution in [-0.4, -0.2) is 49.6 Å². The maximum atomic E-state index is 12.3. The van der Waals surface area contributed by atoms with Crippen molar-refractivity contribution in [3.63, 3.8) is 0 Å². The summed E-state index contributed by atoms with van der Waals surface area (Å²) in [7, 11) is 1.36. The number of aliphatic imine (C=N–C) groups is 1. The van der Waals surface area contributed by atoms with Gasteiger partial charge in [-0.3, -0.25) is 0 Å². The zero-order valence-corrected chi connectivity index (χ0v) is 16.3. The molecular formula is C22H23N3O4. The molecule has 2 heterocycles. The molecule has 7 heteroatoms. The summed E-state index contributed by atoms with van der Waals surface area (Å²) < 4.78 is 10.1. The SMILES string of the molecule is COC(=O)NCC1CCN(C=C2N=C(c3cccc4ccccc34)OC2=O)CC1. The van der Waals surface area contributed by atoms with E-state index in [1.165, 1.54) is 7.11 Å². The molecular weight excluding hydrogens is 370 g/mol. The van der Waals surface area contributed by atoms with Gasteiger partial charge in [0, 0.05) is 31.4 Å². The minimum Gasteiger partial charge on any atom is -0.453 e. The Balaban J connectivity index is 1.44. The number of piperidine rings is 1.